The normalized spacial score (nSPS) is 27.3. The zero-order valence-corrected chi connectivity index (χ0v) is 20.2. The van der Waals surface area contributed by atoms with Crippen LogP contribution in [0.2, 0.25) is 0 Å². The molecule has 1 saturated carbocycles. The molecule has 1 aromatic rings. The maximum Gasteiger partial charge on any atom is 0.259 e. The van der Waals surface area contributed by atoms with Crippen LogP contribution < -0.4 is 5.32 Å². The van der Waals surface area contributed by atoms with E-state index >= 15 is 0 Å². The van der Waals surface area contributed by atoms with Gasteiger partial charge in [-0.25, -0.2) is 8.78 Å². The number of fused-ring (bicyclic) bond motifs is 2. The van der Waals surface area contributed by atoms with Crippen LogP contribution in [0.3, 0.4) is 0 Å². The fourth-order valence-electron chi connectivity index (χ4n) is 5.48. The number of nitrogens with one attached hydrogen (secondary N) is 1. The van der Waals surface area contributed by atoms with E-state index in [-0.39, 0.29) is 24.8 Å². The van der Waals surface area contributed by atoms with E-state index in [0.29, 0.717) is 18.4 Å². The summed E-state index contributed by atoms with van der Waals surface area (Å²) in [5.74, 6) is -7.04. The van der Waals surface area contributed by atoms with Crippen molar-refractivity contribution in [2.24, 2.45) is 5.92 Å². The third-order valence-electron chi connectivity index (χ3n) is 7.70. The Balaban J connectivity index is 1.42. The van der Waals surface area contributed by atoms with Crippen molar-refractivity contribution < 1.29 is 33.4 Å². The Kier molecular flexibility index (Phi) is 5.92. The Morgan fingerprint density at radius 1 is 1.19 bits per heavy atom. The molecular weight excluding hydrogens is 474 g/mol. The lowest BCUT2D eigenvalue weighted by Crippen LogP contribution is -2.78. The van der Waals surface area contributed by atoms with E-state index in [1.807, 2.05) is 13.8 Å². The monoisotopic (exact) mass is 504 g/mol. The second-order valence-electron chi connectivity index (χ2n) is 10.8. The van der Waals surface area contributed by atoms with Gasteiger partial charge < -0.3 is 25.3 Å². The SMILES string of the molecule is CC1(C)CCN(CC2CC2)[C@@H]2CN3C=C(C(=O)NCc4ccc(F)cc4F)C(=O)C(O)(O)C3C(=O)N21. The number of carbonyl (C=O) groups is 3. The zero-order chi connectivity index (χ0) is 26.0. The highest BCUT2D eigenvalue weighted by atomic mass is 19.1. The standard InChI is InChI=1S/C25H30F2N4O5/c1-24(2)7-8-29(11-14-3-4-14)19-13-30-12-17(21(32)25(35,36)20(30)23(34)31(19)24)22(33)28-10-15-5-6-16(26)9-18(15)27/h5-6,9,12,14,19-20,35-36H,3-4,7-8,10-11,13H2,1-2H3,(H,28,33)/t19-,20?/m0/s1. The predicted octanol–water partition coefficient (Wildman–Crippen LogP) is 0.462. The number of carbonyl (C=O) groups excluding carboxylic acids is 3. The van der Waals surface area contributed by atoms with Crippen molar-refractivity contribution in [3.05, 3.63) is 47.2 Å². The first kappa shape index (κ1) is 24.8. The van der Waals surface area contributed by atoms with Gasteiger partial charge in [0.15, 0.2) is 6.04 Å². The zero-order valence-electron chi connectivity index (χ0n) is 20.2. The molecule has 3 N–H and O–H groups in total. The summed E-state index contributed by atoms with van der Waals surface area (Å²) in [7, 11) is 0. The summed E-state index contributed by atoms with van der Waals surface area (Å²) in [5.41, 5.74) is -1.10. The highest BCUT2D eigenvalue weighted by Crippen LogP contribution is 2.40. The van der Waals surface area contributed by atoms with Crippen molar-refractivity contribution in [2.45, 2.75) is 63.2 Å². The second kappa shape index (κ2) is 8.60. The van der Waals surface area contributed by atoms with Crippen molar-refractivity contribution in [3.8, 4) is 0 Å². The van der Waals surface area contributed by atoms with Crippen LogP contribution >= 0.6 is 0 Å². The molecule has 194 valence electrons. The summed E-state index contributed by atoms with van der Waals surface area (Å²) in [6.45, 7) is 5.29. The van der Waals surface area contributed by atoms with Gasteiger partial charge in [0.05, 0.1) is 6.54 Å². The lowest BCUT2D eigenvalue weighted by atomic mass is 9.84. The molecule has 0 aromatic heterocycles. The molecular formula is C25H30F2N4O5. The van der Waals surface area contributed by atoms with Crippen molar-refractivity contribution in [2.75, 3.05) is 19.6 Å². The lowest BCUT2D eigenvalue weighted by Gasteiger charge is -2.59. The van der Waals surface area contributed by atoms with Gasteiger partial charge in [0.1, 0.15) is 23.4 Å². The number of Topliss-reactive ketones (excluding diaryl/α,β-unsaturated/α-hetero) is 1. The molecule has 0 spiro atoms. The van der Waals surface area contributed by atoms with Crippen LogP contribution in [-0.2, 0) is 20.9 Å². The fourth-order valence-corrected chi connectivity index (χ4v) is 5.48. The Labute approximate surface area is 207 Å². The van der Waals surface area contributed by atoms with Crippen molar-refractivity contribution in [1.82, 2.24) is 20.0 Å². The molecule has 36 heavy (non-hydrogen) atoms. The van der Waals surface area contributed by atoms with E-state index in [0.717, 1.165) is 38.1 Å². The minimum absolute atomic E-state index is 0.00491. The number of nitrogens with zero attached hydrogens (tertiary/aromatic N) is 3. The molecule has 2 saturated heterocycles. The number of benzene rings is 1. The second-order valence-corrected chi connectivity index (χ2v) is 10.8. The number of amides is 2. The van der Waals surface area contributed by atoms with Gasteiger partial charge in [0.25, 0.3) is 17.6 Å². The summed E-state index contributed by atoms with van der Waals surface area (Å²) in [4.78, 5) is 44.7. The average Bonchev–Trinajstić information content (AvgIpc) is 3.61. The minimum Gasteiger partial charge on any atom is -0.357 e. The first-order valence-electron chi connectivity index (χ1n) is 12.2. The van der Waals surface area contributed by atoms with Gasteiger partial charge in [-0.05, 0) is 45.1 Å². The summed E-state index contributed by atoms with van der Waals surface area (Å²) < 4.78 is 27.1. The molecule has 5 rings (SSSR count). The van der Waals surface area contributed by atoms with E-state index in [9.17, 15) is 33.4 Å². The molecule has 9 nitrogen and oxygen atoms in total. The van der Waals surface area contributed by atoms with E-state index in [1.165, 1.54) is 11.1 Å². The van der Waals surface area contributed by atoms with E-state index in [4.69, 9.17) is 0 Å². The third kappa shape index (κ3) is 4.18. The van der Waals surface area contributed by atoms with Gasteiger partial charge in [-0.2, -0.15) is 0 Å². The first-order valence-corrected chi connectivity index (χ1v) is 12.2. The van der Waals surface area contributed by atoms with E-state index in [2.05, 4.69) is 10.2 Å². The Morgan fingerprint density at radius 2 is 1.92 bits per heavy atom. The quantitative estimate of drug-likeness (QED) is 0.395. The maximum atomic E-state index is 14.0. The molecule has 3 fully saturated rings. The van der Waals surface area contributed by atoms with Gasteiger partial charge in [-0.3, -0.25) is 19.3 Å². The molecule has 0 radical (unpaired) electrons. The van der Waals surface area contributed by atoms with Gasteiger partial charge >= 0.3 is 0 Å². The lowest BCUT2D eigenvalue weighted by molar-refractivity contribution is -0.227. The van der Waals surface area contributed by atoms with Crippen LogP contribution in [0.1, 0.15) is 38.7 Å². The summed E-state index contributed by atoms with van der Waals surface area (Å²) in [6, 6.07) is 1.29. The van der Waals surface area contributed by atoms with Crippen LogP contribution in [-0.4, -0.2) is 85.7 Å². The highest BCUT2D eigenvalue weighted by Gasteiger charge is 2.61. The molecule has 2 amide bonds. The smallest absolute Gasteiger partial charge is 0.259 e. The number of ketones is 1. The molecule has 11 heteroatoms. The van der Waals surface area contributed by atoms with Crippen LogP contribution in [0, 0.1) is 17.6 Å². The van der Waals surface area contributed by atoms with Gasteiger partial charge in [0, 0.05) is 43.0 Å². The van der Waals surface area contributed by atoms with Gasteiger partial charge in [-0.15, -0.1) is 0 Å². The number of halogens is 2. The number of hydrogen-bond donors (Lipinski definition) is 3. The number of piperazine rings is 1. The third-order valence-corrected chi connectivity index (χ3v) is 7.70. The topological polar surface area (TPSA) is 113 Å². The van der Waals surface area contributed by atoms with Crippen molar-refractivity contribution in [1.29, 1.82) is 0 Å². The first-order chi connectivity index (χ1) is 16.9. The van der Waals surface area contributed by atoms with E-state index < -0.39 is 52.2 Å². The summed E-state index contributed by atoms with van der Waals surface area (Å²) in [5, 5.41) is 24.1. The molecule has 3 aliphatic heterocycles. The largest absolute Gasteiger partial charge is 0.357 e. The maximum absolute atomic E-state index is 14.0. The van der Waals surface area contributed by atoms with Gasteiger partial charge in [0.2, 0.25) is 5.78 Å². The van der Waals surface area contributed by atoms with Crippen molar-refractivity contribution in [3.63, 3.8) is 0 Å². The predicted molar refractivity (Wildman–Crippen MR) is 123 cm³/mol. The number of rotatable bonds is 5. The highest BCUT2D eigenvalue weighted by molar-refractivity contribution is 6.23. The summed E-state index contributed by atoms with van der Waals surface area (Å²) >= 11 is 0. The fraction of sp³-hybridized carbons (Fsp3) is 0.560. The summed E-state index contributed by atoms with van der Waals surface area (Å²) in [6.07, 6.45) is 3.82. The van der Waals surface area contributed by atoms with Crippen LogP contribution in [0.4, 0.5) is 8.78 Å². The van der Waals surface area contributed by atoms with E-state index in [1.54, 1.807) is 4.90 Å². The average molecular weight is 505 g/mol. The molecule has 2 atom stereocenters. The van der Waals surface area contributed by atoms with Crippen LogP contribution in [0.5, 0.6) is 0 Å². The Morgan fingerprint density at radius 3 is 2.58 bits per heavy atom. The van der Waals surface area contributed by atoms with Crippen LogP contribution in [0.25, 0.3) is 0 Å². The van der Waals surface area contributed by atoms with Crippen LogP contribution in [0.15, 0.2) is 30.0 Å². The van der Waals surface area contributed by atoms with Gasteiger partial charge in [-0.1, -0.05) is 6.07 Å². The molecule has 1 aliphatic carbocycles. The number of aliphatic hydroxyl groups is 2. The molecule has 1 unspecified atom stereocenters. The minimum atomic E-state index is -3.13. The Hall–Kier alpha value is -2.89. The molecule has 3 heterocycles. The molecule has 0 bridgehead atoms. The van der Waals surface area contributed by atoms with Crippen molar-refractivity contribution >= 4 is 17.6 Å². The number of hydrogen-bond acceptors (Lipinski definition) is 7. The Bertz CT molecular complexity index is 1150. The molecule has 1 aromatic carbocycles. The molecule has 4 aliphatic rings.